The number of halogens is 1. The summed E-state index contributed by atoms with van der Waals surface area (Å²) in [6.07, 6.45) is 9.04. The van der Waals surface area contributed by atoms with E-state index in [1.165, 1.54) is 11.1 Å². The Balaban J connectivity index is 0.00000226. The monoisotopic (exact) mass is 659 g/mol. The van der Waals surface area contributed by atoms with Gasteiger partial charge in [-0.1, -0.05) is 68.1 Å². The van der Waals surface area contributed by atoms with Gasteiger partial charge in [0, 0.05) is 6.54 Å². The van der Waals surface area contributed by atoms with Crippen LogP contribution in [-0.2, 0) is 30.8 Å². The number of aliphatic imine (C=N–C) groups is 1. The van der Waals surface area contributed by atoms with Crippen LogP contribution in [0.4, 0.5) is 11.6 Å². The third-order valence-corrected chi connectivity index (χ3v) is 7.38. The number of aromatic hydroxyl groups is 1. The second-order valence-corrected chi connectivity index (χ2v) is 10.9. The number of amides is 1. The van der Waals surface area contributed by atoms with E-state index in [-0.39, 0.29) is 28.4 Å². The number of aliphatic hydroxyl groups excluding tert-OH is 1. The molecule has 9 N–H and O–H groups in total. The molecule has 0 spiro atoms. The molecule has 0 aliphatic heterocycles. The molecule has 2 aromatic carbocycles. The Morgan fingerprint density at radius 1 is 0.956 bits per heavy atom. The van der Waals surface area contributed by atoms with E-state index in [4.69, 9.17) is 37.2 Å². The van der Waals surface area contributed by atoms with Crippen molar-refractivity contribution in [2.24, 2.45) is 10.7 Å². The number of aromatic nitrogens is 2. The van der Waals surface area contributed by atoms with Crippen LogP contribution >= 0.6 is 11.6 Å². The number of benzene rings is 2. The van der Waals surface area contributed by atoms with Gasteiger partial charge >= 0.3 is 11.6 Å². The van der Waals surface area contributed by atoms with Crippen LogP contribution in [0.25, 0.3) is 0 Å². The normalized spacial score (nSPS) is 11.8. The van der Waals surface area contributed by atoms with Crippen molar-refractivity contribution in [3.05, 3.63) is 75.6 Å². The lowest BCUT2D eigenvalue weighted by atomic mass is 9.98. The minimum Gasteiger partial charge on any atom is -0.508 e. The minimum absolute atomic E-state index is 0.0300. The van der Waals surface area contributed by atoms with E-state index >= 15 is 0 Å². The highest BCUT2D eigenvalue weighted by atomic mass is 35.5. The predicted octanol–water partition coefficient (Wildman–Crippen LogP) is 4.19. The van der Waals surface area contributed by atoms with Crippen molar-refractivity contribution in [1.82, 2.24) is 15.3 Å². The number of aliphatic hydroxyl groups is 1. The Labute approximate surface area is 272 Å². The number of hydrogen-bond acceptors (Lipinski definition) is 10. The minimum atomic E-state index is -0.750. The first kappa shape index (κ1) is 37.1. The van der Waals surface area contributed by atoms with Crippen molar-refractivity contribution in [2.75, 3.05) is 18.0 Å². The second kappa shape index (κ2) is 20.1. The molecule has 244 valence electrons. The fourth-order valence-electron chi connectivity index (χ4n) is 4.62. The van der Waals surface area contributed by atoms with Crippen LogP contribution in [0.2, 0.25) is 5.15 Å². The zero-order valence-electron chi connectivity index (χ0n) is 25.4. The molecule has 1 heterocycles. The van der Waals surface area contributed by atoms with Crippen LogP contribution in [0.1, 0.15) is 90.7 Å². The maximum Gasteiger partial charge on any atom is 0.335 e. The molecule has 12 nitrogen and oxygen atoms in total. The number of phenolic OH excluding ortho intramolecular Hbond substituents is 1. The van der Waals surface area contributed by atoms with Crippen molar-refractivity contribution in [3.8, 4) is 5.75 Å². The predicted molar refractivity (Wildman–Crippen MR) is 177 cm³/mol. The number of phenols is 1. The van der Waals surface area contributed by atoms with E-state index in [1.54, 1.807) is 6.07 Å². The number of unbranched alkanes of at least 4 members (excludes halogenated alkanes) is 4. The van der Waals surface area contributed by atoms with Crippen LogP contribution in [0.3, 0.4) is 0 Å². The SMILES string of the molecule is CCc1cc([C@@H](O)CCCCCCc2ccc(CCCCN=C(N)NC(=O)c3nc(Cl)c(N)nc3N)cc2)ccc1O.O=S=O. The van der Waals surface area contributed by atoms with Gasteiger partial charge in [0.05, 0.1) is 6.10 Å². The molecule has 1 atom stereocenters. The third kappa shape index (κ3) is 13.2. The van der Waals surface area contributed by atoms with Gasteiger partial charge in [-0.15, -0.1) is 0 Å². The summed E-state index contributed by atoms with van der Waals surface area (Å²) >= 11 is 5.06. The van der Waals surface area contributed by atoms with Crippen LogP contribution in [0.15, 0.2) is 47.5 Å². The zero-order chi connectivity index (χ0) is 33.2. The average Bonchev–Trinajstić information content (AvgIpc) is 3.01. The number of carbonyl (C=O) groups is 1. The molecule has 0 fully saturated rings. The standard InChI is InChI=1S/C31H42ClN7O3.O2S/c1-2-22-19-23(16-17-25(22)41)24(40)11-6-4-3-5-9-20-12-14-21(15-13-20)10-7-8-18-36-31(35)39-30(42)26-28(33)38-29(34)27(32)37-26;1-3-2/h12-17,19,24,40-41H,2-11,18H2,1H3,(H4,33,34,38)(H3,35,36,39,42);/t24-;/m0./s1. The van der Waals surface area contributed by atoms with Crippen LogP contribution in [-0.4, -0.2) is 47.0 Å². The van der Waals surface area contributed by atoms with E-state index in [1.807, 2.05) is 19.1 Å². The first-order chi connectivity index (χ1) is 21.6. The number of guanidine groups is 1. The summed E-state index contributed by atoms with van der Waals surface area (Å²) in [5.41, 5.74) is 21.2. The molecule has 0 saturated carbocycles. The number of hydrogen-bond donors (Lipinski definition) is 6. The summed E-state index contributed by atoms with van der Waals surface area (Å²) < 4.78 is 16.6. The molecular weight excluding hydrogens is 618 g/mol. The summed E-state index contributed by atoms with van der Waals surface area (Å²) in [5.74, 6) is -0.587. The van der Waals surface area contributed by atoms with Gasteiger partial charge in [0.1, 0.15) is 5.75 Å². The second-order valence-electron chi connectivity index (χ2n) is 10.4. The summed E-state index contributed by atoms with van der Waals surface area (Å²) in [6, 6.07) is 14.1. The average molecular weight is 660 g/mol. The van der Waals surface area contributed by atoms with E-state index in [9.17, 15) is 15.0 Å². The van der Waals surface area contributed by atoms with Crippen molar-refractivity contribution in [3.63, 3.8) is 0 Å². The van der Waals surface area contributed by atoms with Gasteiger partial charge in [-0.2, -0.15) is 8.42 Å². The van der Waals surface area contributed by atoms with Crippen molar-refractivity contribution < 1.29 is 23.4 Å². The lowest BCUT2D eigenvalue weighted by Gasteiger charge is -2.13. The van der Waals surface area contributed by atoms with Gasteiger partial charge in [-0.05, 0) is 79.3 Å². The van der Waals surface area contributed by atoms with Crippen molar-refractivity contribution >= 4 is 46.7 Å². The number of nitrogens with zero attached hydrogens (tertiary/aromatic N) is 3. The summed E-state index contributed by atoms with van der Waals surface area (Å²) in [4.78, 5) is 24.1. The number of nitrogens with two attached hydrogens (primary N) is 3. The molecule has 0 bridgehead atoms. The molecule has 1 amide bonds. The summed E-state index contributed by atoms with van der Waals surface area (Å²) in [7, 11) is 0. The summed E-state index contributed by atoms with van der Waals surface area (Å²) in [6.45, 7) is 2.47. The molecule has 0 aliphatic rings. The molecule has 0 unspecified atom stereocenters. The molecule has 45 heavy (non-hydrogen) atoms. The Hall–Kier alpha value is -4.07. The van der Waals surface area contributed by atoms with Gasteiger partial charge in [0.25, 0.3) is 5.91 Å². The molecule has 0 aliphatic carbocycles. The number of rotatable bonds is 15. The van der Waals surface area contributed by atoms with E-state index in [0.717, 1.165) is 75.3 Å². The fraction of sp³-hybridized carbons (Fsp3) is 0.419. The number of anilines is 2. The Kier molecular flexibility index (Phi) is 16.5. The van der Waals surface area contributed by atoms with Gasteiger partial charge < -0.3 is 27.4 Å². The van der Waals surface area contributed by atoms with E-state index < -0.39 is 23.6 Å². The molecule has 3 aromatic rings. The van der Waals surface area contributed by atoms with Crippen molar-refractivity contribution in [2.45, 2.75) is 77.2 Å². The van der Waals surface area contributed by atoms with Crippen LogP contribution < -0.4 is 22.5 Å². The van der Waals surface area contributed by atoms with E-state index in [2.05, 4.69) is 44.5 Å². The third-order valence-electron chi connectivity index (χ3n) is 7.10. The van der Waals surface area contributed by atoms with Gasteiger partial charge in [-0.3, -0.25) is 15.1 Å². The quantitative estimate of drug-likeness (QED) is 0.0776. The molecule has 14 heteroatoms. The van der Waals surface area contributed by atoms with Gasteiger partial charge in [-0.25, -0.2) is 9.97 Å². The number of nitrogens with one attached hydrogen (secondary N) is 1. The highest BCUT2D eigenvalue weighted by molar-refractivity contribution is 7.51. The molecule has 1 aromatic heterocycles. The Morgan fingerprint density at radius 3 is 2.18 bits per heavy atom. The fourth-order valence-corrected chi connectivity index (χ4v) is 4.75. The van der Waals surface area contributed by atoms with E-state index in [0.29, 0.717) is 12.3 Å². The molecule has 0 radical (unpaired) electrons. The number of aryl methyl sites for hydroxylation is 3. The Morgan fingerprint density at radius 2 is 1.56 bits per heavy atom. The largest absolute Gasteiger partial charge is 0.508 e. The topological polar surface area (TPSA) is 220 Å². The first-order valence-electron chi connectivity index (χ1n) is 14.8. The lowest BCUT2D eigenvalue weighted by Crippen LogP contribution is -2.38. The first-order valence-corrected chi connectivity index (χ1v) is 15.8. The number of carbonyl (C=O) groups excluding carboxylic acids is 1. The maximum atomic E-state index is 12.3. The van der Waals surface area contributed by atoms with Gasteiger partial charge in [0.2, 0.25) is 0 Å². The molecule has 3 rings (SSSR count). The molecule has 0 saturated heterocycles. The van der Waals surface area contributed by atoms with Gasteiger partial charge in [0.15, 0.2) is 28.4 Å². The maximum absolute atomic E-state index is 12.3. The summed E-state index contributed by atoms with van der Waals surface area (Å²) in [5, 5.41) is 22.6. The lowest BCUT2D eigenvalue weighted by molar-refractivity contribution is 0.0972. The molecular formula is C31H42ClN7O5S. The zero-order valence-corrected chi connectivity index (χ0v) is 26.9. The van der Waals surface area contributed by atoms with Crippen LogP contribution in [0, 0.1) is 0 Å². The van der Waals surface area contributed by atoms with Crippen LogP contribution in [0.5, 0.6) is 5.75 Å². The highest BCUT2D eigenvalue weighted by Gasteiger charge is 2.16. The van der Waals surface area contributed by atoms with Crippen molar-refractivity contribution in [1.29, 1.82) is 0 Å². The Bertz CT molecular complexity index is 1450. The smallest absolute Gasteiger partial charge is 0.335 e. The number of nitrogen functional groups attached to an aromatic ring is 2. The highest BCUT2D eigenvalue weighted by Crippen LogP contribution is 2.26.